The van der Waals surface area contributed by atoms with E-state index < -0.39 is 0 Å². The zero-order valence-corrected chi connectivity index (χ0v) is 12.1. The molecule has 16 heavy (non-hydrogen) atoms. The molecule has 0 fully saturated rings. The molecule has 0 aliphatic rings. The first-order valence-corrected chi connectivity index (χ1v) is 6.94. The van der Waals surface area contributed by atoms with E-state index in [-0.39, 0.29) is 0 Å². The van der Waals surface area contributed by atoms with Crippen molar-refractivity contribution in [3.8, 4) is 0 Å². The molecule has 0 nitrogen and oxygen atoms in total. The number of unbranched alkanes of at least 4 members (excludes halogenated alkanes) is 1. The van der Waals surface area contributed by atoms with Crippen LogP contribution in [0.2, 0.25) is 0 Å². The van der Waals surface area contributed by atoms with Gasteiger partial charge in [0, 0.05) is 0 Å². The van der Waals surface area contributed by atoms with E-state index in [0.29, 0.717) is 0 Å². The summed E-state index contributed by atoms with van der Waals surface area (Å²) < 4.78 is 0. The molecule has 1 aromatic rings. The van der Waals surface area contributed by atoms with Crippen molar-refractivity contribution in [1.82, 2.24) is 0 Å². The molecule has 0 amide bonds. The quantitative estimate of drug-likeness (QED) is 0.618. The summed E-state index contributed by atoms with van der Waals surface area (Å²) in [5.74, 6) is 0. The van der Waals surface area contributed by atoms with Crippen molar-refractivity contribution in [3.05, 3.63) is 35.4 Å². The second kappa shape index (κ2) is 14.2. The lowest BCUT2D eigenvalue weighted by molar-refractivity contribution is 0.794. The first kappa shape index (κ1) is 17.6. The summed E-state index contributed by atoms with van der Waals surface area (Å²) in [5.41, 5.74) is 2.96. The van der Waals surface area contributed by atoms with Crippen molar-refractivity contribution in [3.63, 3.8) is 0 Å². The van der Waals surface area contributed by atoms with Gasteiger partial charge in [-0.2, -0.15) is 0 Å². The highest BCUT2D eigenvalue weighted by Gasteiger charge is 1.93. The van der Waals surface area contributed by atoms with Crippen LogP contribution in [0.4, 0.5) is 0 Å². The van der Waals surface area contributed by atoms with Gasteiger partial charge in [0.25, 0.3) is 0 Å². The highest BCUT2D eigenvalue weighted by Crippen LogP contribution is 2.08. The summed E-state index contributed by atoms with van der Waals surface area (Å²) in [6.45, 7) is 12.4. The second-order valence-corrected chi connectivity index (χ2v) is 3.28. The third-order valence-corrected chi connectivity index (χ3v) is 2.22. The molecule has 0 aliphatic carbocycles. The van der Waals surface area contributed by atoms with Gasteiger partial charge < -0.3 is 0 Å². The van der Waals surface area contributed by atoms with E-state index in [9.17, 15) is 0 Å². The normalized spacial score (nSPS) is 8.38. The minimum atomic E-state index is 1.15. The van der Waals surface area contributed by atoms with Crippen LogP contribution in [0.1, 0.15) is 65.5 Å². The molecule has 0 saturated carbocycles. The molecule has 0 aliphatic heterocycles. The van der Waals surface area contributed by atoms with Crippen LogP contribution in [-0.2, 0) is 12.8 Å². The van der Waals surface area contributed by atoms with Gasteiger partial charge in [-0.05, 0) is 30.4 Å². The van der Waals surface area contributed by atoms with Gasteiger partial charge in [0.2, 0.25) is 0 Å². The molecule has 94 valence electrons. The molecule has 1 aromatic carbocycles. The molecular weight excluding hydrogens is 192 g/mol. The van der Waals surface area contributed by atoms with Gasteiger partial charge >= 0.3 is 0 Å². The summed E-state index contributed by atoms with van der Waals surface area (Å²) in [6, 6.07) is 8.93. The van der Waals surface area contributed by atoms with Gasteiger partial charge in [0.1, 0.15) is 0 Å². The van der Waals surface area contributed by atoms with Gasteiger partial charge in [-0.25, -0.2) is 0 Å². The third kappa shape index (κ3) is 8.52. The van der Waals surface area contributed by atoms with Gasteiger partial charge in [-0.1, -0.05) is 72.2 Å². The van der Waals surface area contributed by atoms with E-state index in [1.54, 1.807) is 0 Å². The lowest BCUT2D eigenvalue weighted by Crippen LogP contribution is -1.86. The smallest absolute Gasteiger partial charge is 0.0279 e. The largest absolute Gasteiger partial charge is 0.0683 e. The van der Waals surface area contributed by atoms with E-state index in [1.165, 1.54) is 30.4 Å². The van der Waals surface area contributed by atoms with E-state index >= 15 is 0 Å². The molecule has 0 radical (unpaired) electrons. The Labute approximate surface area is 103 Å². The monoisotopic (exact) mass is 222 g/mol. The minimum Gasteiger partial charge on any atom is -0.0683 e. The van der Waals surface area contributed by atoms with Gasteiger partial charge in [0.05, 0.1) is 0 Å². The molecule has 0 spiro atoms. The molecule has 1 rings (SSSR count). The second-order valence-electron chi connectivity index (χ2n) is 3.28. The fourth-order valence-electron chi connectivity index (χ4n) is 1.39. The number of hydrogen-bond acceptors (Lipinski definition) is 0. The predicted octanol–water partition coefficient (Wildman–Crippen LogP) is 5.64. The van der Waals surface area contributed by atoms with Crippen LogP contribution < -0.4 is 0 Å². The van der Waals surface area contributed by atoms with E-state index in [1.807, 2.05) is 27.7 Å². The number of aryl methyl sites for hydroxylation is 2. The highest BCUT2D eigenvalue weighted by atomic mass is 14.0. The van der Waals surface area contributed by atoms with Crippen molar-refractivity contribution in [2.24, 2.45) is 0 Å². The van der Waals surface area contributed by atoms with Crippen molar-refractivity contribution in [2.75, 3.05) is 0 Å². The average Bonchev–Trinajstić information content (AvgIpc) is 2.41. The Balaban J connectivity index is 0. The van der Waals surface area contributed by atoms with E-state index in [0.717, 1.165) is 6.42 Å². The summed E-state index contributed by atoms with van der Waals surface area (Å²) in [5, 5.41) is 0. The molecule has 0 heteroatoms. The molecule has 0 saturated heterocycles. The fourth-order valence-corrected chi connectivity index (χ4v) is 1.39. The molecule has 0 bridgehead atoms. The van der Waals surface area contributed by atoms with Crippen LogP contribution in [0.5, 0.6) is 0 Å². The molecule has 0 unspecified atom stereocenters. The zero-order chi connectivity index (χ0) is 12.8. The zero-order valence-electron chi connectivity index (χ0n) is 12.1. The molecule has 0 heterocycles. The maximum absolute atomic E-state index is 2.33. The maximum atomic E-state index is 2.33. The Hall–Kier alpha value is -0.780. The minimum absolute atomic E-state index is 1.15. The van der Waals surface area contributed by atoms with E-state index in [2.05, 4.69) is 38.1 Å². The van der Waals surface area contributed by atoms with Crippen molar-refractivity contribution in [2.45, 2.75) is 67.2 Å². The van der Waals surface area contributed by atoms with Crippen LogP contribution in [0.3, 0.4) is 0 Å². The Morgan fingerprint density at radius 2 is 1.44 bits per heavy atom. The van der Waals surface area contributed by atoms with Crippen LogP contribution in [0.25, 0.3) is 0 Å². The third-order valence-electron chi connectivity index (χ3n) is 2.22. The fraction of sp³-hybridized carbons (Fsp3) is 0.625. The number of rotatable bonds is 4. The molecule has 0 N–H and O–H groups in total. The van der Waals surface area contributed by atoms with Crippen LogP contribution in [0, 0.1) is 0 Å². The Kier molecular flexibility index (Phi) is 15.7. The first-order valence-electron chi connectivity index (χ1n) is 6.94. The lowest BCUT2D eigenvalue weighted by Gasteiger charge is -2.01. The Morgan fingerprint density at radius 1 is 0.875 bits per heavy atom. The predicted molar refractivity (Wildman–Crippen MR) is 77.1 cm³/mol. The van der Waals surface area contributed by atoms with Gasteiger partial charge in [0.15, 0.2) is 0 Å². The van der Waals surface area contributed by atoms with Crippen LogP contribution in [-0.4, -0.2) is 0 Å². The molecular formula is C16H30. The van der Waals surface area contributed by atoms with Crippen LogP contribution >= 0.6 is 0 Å². The summed E-state index contributed by atoms with van der Waals surface area (Å²) in [4.78, 5) is 0. The maximum Gasteiger partial charge on any atom is -0.0279 e. The van der Waals surface area contributed by atoms with E-state index in [4.69, 9.17) is 0 Å². The summed E-state index contributed by atoms with van der Waals surface area (Å²) in [6.07, 6.45) is 4.99. The summed E-state index contributed by atoms with van der Waals surface area (Å²) in [7, 11) is 0. The van der Waals surface area contributed by atoms with Crippen molar-refractivity contribution in [1.29, 1.82) is 0 Å². The standard InChI is InChI=1S/C12H18.2C2H6/c1-3-5-7-12-9-6-8-11(4-2)10-12;2*1-2/h6,8-10H,3-5,7H2,1-2H3;2*1-2H3. The average molecular weight is 222 g/mol. The van der Waals surface area contributed by atoms with Crippen LogP contribution in [0.15, 0.2) is 24.3 Å². The Morgan fingerprint density at radius 3 is 1.94 bits per heavy atom. The molecule has 0 aromatic heterocycles. The first-order chi connectivity index (χ1) is 7.86. The summed E-state index contributed by atoms with van der Waals surface area (Å²) >= 11 is 0. The highest BCUT2D eigenvalue weighted by molar-refractivity contribution is 5.23. The Bertz CT molecular complexity index is 225. The van der Waals surface area contributed by atoms with Crippen molar-refractivity contribution >= 4 is 0 Å². The van der Waals surface area contributed by atoms with Gasteiger partial charge in [-0.3, -0.25) is 0 Å². The number of benzene rings is 1. The van der Waals surface area contributed by atoms with Gasteiger partial charge in [-0.15, -0.1) is 0 Å². The molecule has 0 atom stereocenters. The number of hydrogen-bond donors (Lipinski definition) is 0. The van der Waals surface area contributed by atoms with Crippen molar-refractivity contribution < 1.29 is 0 Å². The lowest BCUT2D eigenvalue weighted by atomic mass is 10.0. The topological polar surface area (TPSA) is 0 Å². The SMILES string of the molecule is CC.CC.CCCCc1cccc(CC)c1.